The van der Waals surface area contributed by atoms with Crippen molar-refractivity contribution >= 4 is 11.8 Å². The number of hydrogen-bond acceptors (Lipinski definition) is 5. The van der Waals surface area contributed by atoms with E-state index in [1.165, 1.54) is 25.7 Å². The second-order valence-electron chi connectivity index (χ2n) is 9.24. The number of aromatic nitrogens is 1. The zero-order valence-electron chi connectivity index (χ0n) is 21.8. The van der Waals surface area contributed by atoms with Crippen LogP contribution in [0.15, 0.2) is 48.7 Å². The third kappa shape index (κ3) is 12.7. The molecule has 7 heteroatoms. The van der Waals surface area contributed by atoms with E-state index in [-0.39, 0.29) is 11.8 Å². The van der Waals surface area contributed by atoms with Gasteiger partial charge >= 0.3 is 0 Å². The van der Waals surface area contributed by atoms with Crippen molar-refractivity contribution in [1.82, 2.24) is 15.6 Å². The van der Waals surface area contributed by atoms with E-state index >= 15 is 0 Å². The average molecular weight is 497 g/mol. The highest BCUT2D eigenvalue weighted by atomic mass is 16.5. The quantitative estimate of drug-likeness (QED) is 0.245. The van der Waals surface area contributed by atoms with Crippen LogP contribution >= 0.6 is 0 Å². The van der Waals surface area contributed by atoms with Crippen LogP contribution in [0, 0.1) is 0 Å². The van der Waals surface area contributed by atoms with Gasteiger partial charge in [0.2, 0.25) is 11.8 Å². The molecule has 0 aliphatic carbocycles. The summed E-state index contributed by atoms with van der Waals surface area (Å²) in [6, 6.07) is 12.8. The fraction of sp³-hybridized carbons (Fsp3) is 0.552. The van der Waals surface area contributed by atoms with Crippen LogP contribution in [-0.4, -0.2) is 35.9 Å². The first-order valence-corrected chi connectivity index (χ1v) is 13.5. The topological polar surface area (TPSA) is 106 Å². The van der Waals surface area contributed by atoms with Crippen LogP contribution < -0.4 is 21.1 Å². The van der Waals surface area contributed by atoms with E-state index in [1.54, 1.807) is 6.20 Å². The number of nitrogens with zero attached hydrogens (tertiary/aromatic N) is 1. The number of amides is 2. The standard InChI is InChI=1S/C29H44N4O3/c1-2-3-4-5-6-11-21-32-29(35)27(33-28(34)14-8-7-10-19-30)22-24-15-17-26(18-16-24)36-23-25-13-9-12-20-31-25/h9,12-13,15-18,20,27H,2-8,10-11,14,19,21-23,30H2,1H3,(H,32,35)(H,33,34)/t27-/m0/s1. The van der Waals surface area contributed by atoms with Gasteiger partial charge in [-0.2, -0.15) is 0 Å². The van der Waals surface area contributed by atoms with Crippen molar-refractivity contribution in [3.63, 3.8) is 0 Å². The highest BCUT2D eigenvalue weighted by Crippen LogP contribution is 2.15. The van der Waals surface area contributed by atoms with Crippen LogP contribution in [0.25, 0.3) is 0 Å². The first-order valence-electron chi connectivity index (χ1n) is 13.5. The number of hydrogen-bond donors (Lipinski definition) is 3. The predicted molar refractivity (Wildman–Crippen MR) is 145 cm³/mol. The Morgan fingerprint density at radius 3 is 2.42 bits per heavy atom. The molecule has 198 valence electrons. The summed E-state index contributed by atoms with van der Waals surface area (Å²) >= 11 is 0. The molecule has 4 N–H and O–H groups in total. The molecule has 1 aromatic heterocycles. The predicted octanol–water partition coefficient (Wildman–Crippen LogP) is 4.68. The number of pyridine rings is 1. The lowest BCUT2D eigenvalue weighted by Gasteiger charge is -2.19. The lowest BCUT2D eigenvalue weighted by atomic mass is 10.0. The first-order chi connectivity index (χ1) is 17.6. The number of ether oxygens (including phenoxy) is 1. The second-order valence-corrected chi connectivity index (χ2v) is 9.24. The minimum absolute atomic E-state index is 0.0953. The van der Waals surface area contributed by atoms with Crippen LogP contribution in [0.3, 0.4) is 0 Å². The lowest BCUT2D eigenvalue weighted by molar-refractivity contribution is -0.129. The maximum Gasteiger partial charge on any atom is 0.242 e. The Balaban J connectivity index is 1.88. The summed E-state index contributed by atoms with van der Waals surface area (Å²) in [4.78, 5) is 29.7. The maximum absolute atomic E-state index is 12.9. The molecule has 0 saturated heterocycles. The Morgan fingerprint density at radius 2 is 1.69 bits per heavy atom. The van der Waals surface area contributed by atoms with E-state index in [1.807, 2.05) is 42.5 Å². The highest BCUT2D eigenvalue weighted by Gasteiger charge is 2.21. The maximum atomic E-state index is 12.9. The SMILES string of the molecule is CCCCCCCCNC(=O)[C@H](Cc1ccc(OCc2ccccn2)cc1)NC(=O)CCCCCN. The van der Waals surface area contributed by atoms with E-state index in [0.717, 1.165) is 49.1 Å². The number of nitrogens with two attached hydrogens (primary N) is 1. The van der Waals surface area contributed by atoms with Crippen LogP contribution in [-0.2, 0) is 22.6 Å². The smallest absolute Gasteiger partial charge is 0.242 e. The zero-order chi connectivity index (χ0) is 25.8. The fourth-order valence-corrected chi connectivity index (χ4v) is 3.92. The molecule has 1 heterocycles. The van der Waals surface area contributed by atoms with Crippen LogP contribution in [0.5, 0.6) is 5.75 Å². The van der Waals surface area contributed by atoms with Gasteiger partial charge in [-0.3, -0.25) is 14.6 Å². The van der Waals surface area contributed by atoms with E-state index in [9.17, 15) is 9.59 Å². The Morgan fingerprint density at radius 1 is 0.944 bits per heavy atom. The van der Waals surface area contributed by atoms with E-state index < -0.39 is 6.04 Å². The molecule has 0 saturated carbocycles. The van der Waals surface area contributed by atoms with Gasteiger partial charge in [0.1, 0.15) is 18.4 Å². The molecule has 0 spiro atoms. The number of carbonyl (C=O) groups is 2. The largest absolute Gasteiger partial charge is 0.487 e. The molecular formula is C29H44N4O3. The normalized spacial score (nSPS) is 11.6. The second kappa shape index (κ2) is 18.4. The van der Waals surface area contributed by atoms with Gasteiger partial charge in [-0.1, -0.05) is 63.6 Å². The zero-order valence-corrected chi connectivity index (χ0v) is 21.8. The molecular weight excluding hydrogens is 452 g/mol. The summed E-state index contributed by atoms with van der Waals surface area (Å²) in [5.41, 5.74) is 7.36. The number of unbranched alkanes of at least 4 members (excludes halogenated alkanes) is 7. The van der Waals surface area contributed by atoms with Crippen LogP contribution in [0.4, 0.5) is 0 Å². The summed E-state index contributed by atoms with van der Waals surface area (Å²) in [7, 11) is 0. The van der Waals surface area contributed by atoms with Crippen molar-refractivity contribution in [1.29, 1.82) is 0 Å². The molecule has 2 amide bonds. The molecule has 2 rings (SSSR count). The lowest BCUT2D eigenvalue weighted by Crippen LogP contribution is -2.48. The molecule has 0 aliphatic rings. The van der Waals surface area contributed by atoms with Crippen molar-refractivity contribution < 1.29 is 14.3 Å². The van der Waals surface area contributed by atoms with Gasteiger partial charge in [0.05, 0.1) is 5.69 Å². The van der Waals surface area contributed by atoms with Crippen molar-refractivity contribution in [2.45, 2.75) is 90.2 Å². The summed E-state index contributed by atoms with van der Waals surface area (Å²) in [6.45, 7) is 3.86. The minimum atomic E-state index is -0.604. The van der Waals surface area contributed by atoms with E-state index in [2.05, 4.69) is 22.5 Å². The fourth-order valence-electron chi connectivity index (χ4n) is 3.92. The van der Waals surface area contributed by atoms with E-state index in [4.69, 9.17) is 10.5 Å². The highest BCUT2D eigenvalue weighted by molar-refractivity contribution is 5.87. The van der Waals surface area contributed by atoms with E-state index in [0.29, 0.717) is 32.5 Å². The number of rotatable bonds is 19. The van der Waals surface area contributed by atoms with Crippen LogP contribution in [0.2, 0.25) is 0 Å². The Bertz CT molecular complexity index is 859. The van der Waals surface area contributed by atoms with Gasteiger partial charge in [-0.05, 0) is 55.6 Å². The Labute approximate surface area is 216 Å². The van der Waals surface area contributed by atoms with Crippen molar-refractivity contribution in [2.24, 2.45) is 5.73 Å². The average Bonchev–Trinajstić information content (AvgIpc) is 2.90. The summed E-state index contributed by atoms with van der Waals surface area (Å²) in [5.74, 6) is 0.508. The third-order valence-corrected chi connectivity index (χ3v) is 6.07. The van der Waals surface area contributed by atoms with Crippen molar-refractivity contribution in [3.8, 4) is 5.75 Å². The number of nitrogens with one attached hydrogen (secondary N) is 2. The van der Waals surface area contributed by atoms with Gasteiger partial charge in [0.25, 0.3) is 0 Å². The van der Waals surface area contributed by atoms with Gasteiger partial charge in [-0.15, -0.1) is 0 Å². The van der Waals surface area contributed by atoms with Gasteiger partial charge in [0.15, 0.2) is 0 Å². The van der Waals surface area contributed by atoms with Gasteiger partial charge in [0, 0.05) is 25.6 Å². The molecule has 0 bridgehead atoms. The minimum Gasteiger partial charge on any atom is -0.487 e. The van der Waals surface area contributed by atoms with Crippen molar-refractivity contribution in [3.05, 3.63) is 59.9 Å². The summed E-state index contributed by atoms with van der Waals surface area (Å²) < 4.78 is 5.81. The monoisotopic (exact) mass is 496 g/mol. The molecule has 1 atom stereocenters. The third-order valence-electron chi connectivity index (χ3n) is 6.07. The molecule has 2 aromatic rings. The molecule has 36 heavy (non-hydrogen) atoms. The Kier molecular flexibility index (Phi) is 14.9. The van der Waals surface area contributed by atoms with Crippen molar-refractivity contribution in [2.75, 3.05) is 13.1 Å². The number of benzene rings is 1. The molecule has 7 nitrogen and oxygen atoms in total. The van der Waals surface area contributed by atoms with Crippen LogP contribution in [0.1, 0.15) is 82.4 Å². The summed E-state index contributed by atoms with van der Waals surface area (Å²) in [5, 5.41) is 5.97. The molecule has 0 aliphatic heterocycles. The first kappa shape index (κ1) is 29.3. The van der Waals surface area contributed by atoms with Gasteiger partial charge < -0.3 is 21.1 Å². The molecule has 0 unspecified atom stereocenters. The number of carbonyl (C=O) groups excluding carboxylic acids is 2. The summed E-state index contributed by atoms with van der Waals surface area (Å²) in [6.07, 6.45) is 12.2. The van der Waals surface area contributed by atoms with Gasteiger partial charge in [-0.25, -0.2) is 0 Å². The molecule has 1 aromatic carbocycles. The molecule has 0 fully saturated rings. The molecule has 0 radical (unpaired) electrons. The Hall–Kier alpha value is -2.93.